The first-order valence-electron chi connectivity index (χ1n) is 5.89. The highest BCUT2D eigenvalue weighted by molar-refractivity contribution is 5.85. The zero-order chi connectivity index (χ0) is 12.7. The zero-order valence-electron chi connectivity index (χ0n) is 10.8. The molecule has 102 valence electrons. The van der Waals surface area contributed by atoms with Crippen molar-refractivity contribution in [2.45, 2.75) is 26.3 Å². The fourth-order valence-electron chi connectivity index (χ4n) is 1.49. The summed E-state index contributed by atoms with van der Waals surface area (Å²) in [5.41, 5.74) is 6.55. The highest BCUT2D eigenvalue weighted by Crippen LogP contribution is 2.17. The topological polar surface area (TPSA) is 64.3 Å². The van der Waals surface area contributed by atoms with E-state index in [2.05, 4.69) is 5.32 Å². The Balaban J connectivity index is 0.00000289. The molecular weight excluding hydrogens is 252 g/mol. The molecule has 0 spiro atoms. The molecule has 0 aliphatic carbocycles. The smallest absolute Gasteiger partial charge is 0.236 e. The Bertz CT molecular complexity index is 370. The summed E-state index contributed by atoms with van der Waals surface area (Å²) >= 11 is 0. The van der Waals surface area contributed by atoms with E-state index in [0.29, 0.717) is 13.2 Å². The first-order chi connectivity index (χ1) is 8.15. The summed E-state index contributed by atoms with van der Waals surface area (Å²) in [7, 11) is 0. The highest BCUT2D eigenvalue weighted by atomic mass is 35.5. The number of carbonyl (C=O) groups is 1. The van der Waals surface area contributed by atoms with Gasteiger partial charge in [-0.1, -0.05) is 18.2 Å². The summed E-state index contributed by atoms with van der Waals surface area (Å²) < 4.78 is 5.50. The Morgan fingerprint density at radius 3 is 2.72 bits per heavy atom. The molecule has 18 heavy (non-hydrogen) atoms. The third-order valence-electron chi connectivity index (χ3n) is 2.38. The number of para-hydroxylation sites is 1. The number of nitrogens with one attached hydrogen (secondary N) is 1. The molecule has 0 heterocycles. The standard InChI is InChI=1S/C13H20N2O2.ClH/c1-3-17-12-7-5-4-6-11(12)8-9-15-13(16)10(2)14;/h4-7,10H,3,8-9,14H2,1-2H3,(H,15,16);1H/t10-;/m1./s1. The molecular formula is C13H21ClN2O2. The molecule has 0 aliphatic heterocycles. The largest absolute Gasteiger partial charge is 0.494 e. The normalized spacial score (nSPS) is 11.3. The van der Waals surface area contributed by atoms with E-state index in [0.717, 1.165) is 17.7 Å². The molecule has 1 amide bonds. The van der Waals surface area contributed by atoms with Gasteiger partial charge in [-0.2, -0.15) is 0 Å². The first-order valence-corrected chi connectivity index (χ1v) is 5.89. The van der Waals surface area contributed by atoms with Crippen LogP contribution in [0.2, 0.25) is 0 Å². The van der Waals surface area contributed by atoms with Crippen LogP contribution in [0.5, 0.6) is 5.75 Å². The maximum absolute atomic E-state index is 11.3. The molecule has 0 aliphatic rings. The van der Waals surface area contributed by atoms with Crippen molar-refractivity contribution in [3.63, 3.8) is 0 Å². The lowest BCUT2D eigenvalue weighted by atomic mass is 10.1. The van der Waals surface area contributed by atoms with E-state index in [9.17, 15) is 4.79 Å². The molecule has 1 rings (SSSR count). The Morgan fingerprint density at radius 1 is 1.44 bits per heavy atom. The number of benzene rings is 1. The maximum atomic E-state index is 11.3. The van der Waals surface area contributed by atoms with E-state index in [1.807, 2.05) is 31.2 Å². The summed E-state index contributed by atoms with van der Waals surface area (Å²) in [6.45, 7) is 4.84. The maximum Gasteiger partial charge on any atom is 0.236 e. The van der Waals surface area contributed by atoms with E-state index in [-0.39, 0.29) is 18.3 Å². The number of amides is 1. The molecule has 3 N–H and O–H groups in total. The molecule has 0 saturated heterocycles. The lowest BCUT2D eigenvalue weighted by Crippen LogP contribution is -2.39. The molecule has 0 bridgehead atoms. The van der Waals surface area contributed by atoms with E-state index >= 15 is 0 Å². The minimum atomic E-state index is -0.461. The second-order valence-corrected chi connectivity index (χ2v) is 3.87. The molecule has 0 fully saturated rings. The van der Waals surface area contributed by atoms with Crippen LogP contribution in [0.15, 0.2) is 24.3 Å². The number of ether oxygens (including phenoxy) is 1. The van der Waals surface area contributed by atoms with Crippen LogP contribution in [0.1, 0.15) is 19.4 Å². The van der Waals surface area contributed by atoms with Gasteiger partial charge in [0.05, 0.1) is 12.6 Å². The molecule has 4 nitrogen and oxygen atoms in total. The van der Waals surface area contributed by atoms with Crippen molar-refractivity contribution in [3.8, 4) is 5.75 Å². The summed E-state index contributed by atoms with van der Waals surface area (Å²) in [5.74, 6) is 0.754. The predicted molar refractivity (Wildman–Crippen MR) is 75.2 cm³/mol. The average molecular weight is 273 g/mol. The van der Waals surface area contributed by atoms with Gasteiger partial charge < -0.3 is 15.8 Å². The second kappa shape index (κ2) is 8.78. The number of carbonyl (C=O) groups excluding carboxylic acids is 1. The van der Waals surface area contributed by atoms with Gasteiger partial charge >= 0.3 is 0 Å². The van der Waals surface area contributed by atoms with Crippen LogP contribution in [-0.4, -0.2) is 25.1 Å². The molecule has 1 atom stereocenters. The van der Waals surface area contributed by atoms with Crippen LogP contribution in [0.3, 0.4) is 0 Å². The summed E-state index contributed by atoms with van der Waals surface area (Å²) in [6, 6.07) is 7.38. The van der Waals surface area contributed by atoms with Crippen molar-refractivity contribution >= 4 is 18.3 Å². The van der Waals surface area contributed by atoms with Crippen LogP contribution in [0, 0.1) is 0 Å². The van der Waals surface area contributed by atoms with Gasteiger partial charge in [0.1, 0.15) is 5.75 Å². The molecule has 0 radical (unpaired) electrons. The van der Waals surface area contributed by atoms with Gasteiger partial charge in [-0.15, -0.1) is 12.4 Å². The Hall–Kier alpha value is -1.26. The lowest BCUT2D eigenvalue weighted by molar-refractivity contribution is -0.121. The van der Waals surface area contributed by atoms with Crippen molar-refractivity contribution in [2.75, 3.05) is 13.2 Å². The lowest BCUT2D eigenvalue weighted by Gasteiger charge is -2.11. The van der Waals surface area contributed by atoms with E-state index in [1.165, 1.54) is 0 Å². The van der Waals surface area contributed by atoms with Crippen LogP contribution >= 0.6 is 12.4 Å². The van der Waals surface area contributed by atoms with Gasteiger partial charge in [0.15, 0.2) is 0 Å². The highest BCUT2D eigenvalue weighted by Gasteiger charge is 2.07. The number of halogens is 1. The molecule has 0 saturated carbocycles. The van der Waals surface area contributed by atoms with Gasteiger partial charge in [-0.3, -0.25) is 4.79 Å². The van der Waals surface area contributed by atoms with E-state index < -0.39 is 6.04 Å². The molecule has 0 aromatic heterocycles. The fourth-order valence-corrected chi connectivity index (χ4v) is 1.49. The van der Waals surface area contributed by atoms with Crippen LogP contribution in [0.25, 0.3) is 0 Å². The predicted octanol–water partition coefficient (Wildman–Crippen LogP) is 1.51. The minimum Gasteiger partial charge on any atom is -0.494 e. The number of rotatable bonds is 6. The summed E-state index contributed by atoms with van der Waals surface area (Å²) in [5, 5.41) is 2.78. The fraction of sp³-hybridized carbons (Fsp3) is 0.462. The molecule has 1 aromatic carbocycles. The van der Waals surface area contributed by atoms with Crippen LogP contribution in [-0.2, 0) is 11.2 Å². The number of hydrogen-bond donors (Lipinski definition) is 2. The average Bonchev–Trinajstić information content (AvgIpc) is 2.31. The van der Waals surface area contributed by atoms with Crippen LogP contribution < -0.4 is 15.8 Å². The Labute approximate surface area is 114 Å². The van der Waals surface area contributed by atoms with Gasteiger partial charge in [0.2, 0.25) is 5.91 Å². The summed E-state index contributed by atoms with van der Waals surface area (Å²) in [6.07, 6.45) is 0.745. The van der Waals surface area contributed by atoms with Crippen molar-refractivity contribution in [1.29, 1.82) is 0 Å². The SMILES string of the molecule is CCOc1ccccc1CCNC(=O)[C@@H](C)N.Cl. The van der Waals surface area contributed by atoms with Gasteiger partial charge in [-0.25, -0.2) is 0 Å². The molecule has 1 aromatic rings. The first kappa shape index (κ1) is 16.7. The minimum absolute atomic E-state index is 0. The molecule has 0 unspecified atom stereocenters. The van der Waals surface area contributed by atoms with Crippen molar-refractivity contribution in [1.82, 2.24) is 5.32 Å². The zero-order valence-corrected chi connectivity index (χ0v) is 11.6. The number of nitrogens with two attached hydrogens (primary N) is 1. The van der Waals surface area contributed by atoms with Gasteiger partial charge in [0.25, 0.3) is 0 Å². The Kier molecular flexibility index (Phi) is 8.16. The Morgan fingerprint density at radius 2 is 2.11 bits per heavy atom. The van der Waals surface area contributed by atoms with E-state index in [1.54, 1.807) is 6.92 Å². The van der Waals surface area contributed by atoms with Gasteiger partial charge in [-0.05, 0) is 31.9 Å². The van der Waals surface area contributed by atoms with Crippen molar-refractivity contribution < 1.29 is 9.53 Å². The number of hydrogen-bond acceptors (Lipinski definition) is 3. The van der Waals surface area contributed by atoms with Crippen LogP contribution in [0.4, 0.5) is 0 Å². The van der Waals surface area contributed by atoms with Gasteiger partial charge in [0, 0.05) is 6.54 Å². The van der Waals surface area contributed by atoms with Crippen molar-refractivity contribution in [2.24, 2.45) is 5.73 Å². The molecule has 5 heteroatoms. The van der Waals surface area contributed by atoms with E-state index in [4.69, 9.17) is 10.5 Å². The van der Waals surface area contributed by atoms with Crippen molar-refractivity contribution in [3.05, 3.63) is 29.8 Å². The summed E-state index contributed by atoms with van der Waals surface area (Å²) in [4.78, 5) is 11.3. The second-order valence-electron chi connectivity index (χ2n) is 3.87. The quantitative estimate of drug-likeness (QED) is 0.825. The third kappa shape index (κ3) is 5.38. The monoisotopic (exact) mass is 272 g/mol. The third-order valence-corrected chi connectivity index (χ3v) is 2.38.